The molecule has 0 aromatic heterocycles. The molecule has 3 rings (SSSR count). The number of hydrogen-bond acceptors (Lipinski definition) is 3. The first kappa shape index (κ1) is 13.6. The molecular weight excluding hydrogens is 250 g/mol. The van der Waals surface area contributed by atoms with Gasteiger partial charge in [0.05, 0.1) is 6.61 Å². The van der Waals surface area contributed by atoms with Gasteiger partial charge in [0, 0.05) is 18.4 Å². The second kappa shape index (κ2) is 5.57. The van der Waals surface area contributed by atoms with E-state index in [9.17, 15) is 4.79 Å². The Kier molecular flexibility index (Phi) is 3.79. The molecule has 1 unspecified atom stereocenters. The fourth-order valence-electron chi connectivity index (χ4n) is 3.62. The van der Waals surface area contributed by atoms with E-state index < -0.39 is 0 Å². The number of benzene rings is 1. The van der Waals surface area contributed by atoms with Gasteiger partial charge in [-0.1, -0.05) is 31.0 Å². The third-order valence-electron chi connectivity index (χ3n) is 4.71. The molecule has 1 saturated carbocycles. The summed E-state index contributed by atoms with van der Waals surface area (Å²) < 4.78 is 5.65. The van der Waals surface area contributed by atoms with E-state index in [-0.39, 0.29) is 5.54 Å². The standard InChI is InChI=1S/C17H23NO2/c18-17(8-3-4-9-17)12-14(19)11-13-7-10-20-16-6-2-1-5-15(13)16/h1-2,5-6,13H,3-4,7-12,18H2. The highest BCUT2D eigenvalue weighted by molar-refractivity contribution is 5.80. The van der Waals surface area contributed by atoms with Crippen LogP contribution in [-0.4, -0.2) is 17.9 Å². The summed E-state index contributed by atoms with van der Waals surface area (Å²) in [5, 5.41) is 0. The van der Waals surface area contributed by atoms with Gasteiger partial charge in [-0.25, -0.2) is 0 Å². The number of ketones is 1. The highest BCUT2D eigenvalue weighted by atomic mass is 16.5. The second-order valence-corrected chi connectivity index (χ2v) is 6.36. The van der Waals surface area contributed by atoms with Crippen molar-refractivity contribution in [3.05, 3.63) is 29.8 Å². The van der Waals surface area contributed by atoms with Crippen molar-refractivity contribution in [2.24, 2.45) is 5.73 Å². The Morgan fingerprint density at radius 3 is 2.85 bits per heavy atom. The molecule has 3 nitrogen and oxygen atoms in total. The molecule has 1 aliphatic carbocycles. The Morgan fingerprint density at radius 1 is 1.30 bits per heavy atom. The molecule has 2 N–H and O–H groups in total. The van der Waals surface area contributed by atoms with Crippen LogP contribution in [0.1, 0.15) is 56.4 Å². The van der Waals surface area contributed by atoms with Gasteiger partial charge in [-0.3, -0.25) is 4.79 Å². The molecule has 1 atom stereocenters. The van der Waals surface area contributed by atoms with E-state index >= 15 is 0 Å². The molecule has 0 saturated heterocycles. The largest absolute Gasteiger partial charge is 0.493 e. The summed E-state index contributed by atoms with van der Waals surface area (Å²) in [5.41, 5.74) is 7.28. The molecule has 3 heteroatoms. The Labute approximate surface area is 120 Å². The predicted octanol–water partition coefficient (Wildman–Crippen LogP) is 3.17. The lowest BCUT2D eigenvalue weighted by Crippen LogP contribution is -2.39. The number of Topliss-reactive ketones (excluding diaryl/α,β-unsaturated/α-hetero) is 1. The molecule has 20 heavy (non-hydrogen) atoms. The maximum atomic E-state index is 12.4. The quantitative estimate of drug-likeness (QED) is 0.916. The van der Waals surface area contributed by atoms with Gasteiger partial charge in [0.15, 0.2) is 0 Å². The topological polar surface area (TPSA) is 52.3 Å². The lowest BCUT2D eigenvalue weighted by molar-refractivity contribution is -0.120. The molecule has 1 heterocycles. The molecule has 1 aliphatic heterocycles. The van der Waals surface area contributed by atoms with Gasteiger partial charge in [0.1, 0.15) is 11.5 Å². The maximum Gasteiger partial charge on any atom is 0.135 e. The van der Waals surface area contributed by atoms with Crippen molar-refractivity contribution in [3.63, 3.8) is 0 Å². The lowest BCUT2D eigenvalue weighted by Gasteiger charge is -2.27. The number of nitrogens with two attached hydrogens (primary N) is 1. The van der Waals surface area contributed by atoms with Crippen LogP contribution in [0.15, 0.2) is 24.3 Å². The SMILES string of the molecule is NC1(CC(=O)CC2CCOc3ccccc32)CCCC1. The molecule has 0 amide bonds. The van der Waals surface area contributed by atoms with Crippen molar-refractivity contribution in [2.45, 2.75) is 56.4 Å². The average Bonchev–Trinajstić information content (AvgIpc) is 2.85. The second-order valence-electron chi connectivity index (χ2n) is 6.36. The number of fused-ring (bicyclic) bond motifs is 1. The summed E-state index contributed by atoms with van der Waals surface area (Å²) in [6.45, 7) is 0.711. The summed E-state index contributed by atoms with van der Waals surface area (Å²) in [6.07, 6.45) is 6.44. The van der Waals surface area contributed by atoms with Crippen LogP contribution in [0.4, 0.5) is 0 Å². The molecule has 108 valence electrons. The maximum absolute atomic E-state index is 12.4. The van der Waals surface area contributed by atoms with Crippen molar-refractivity contribution >= 4 is 5.78 Å². The fourth-order valence-corrected chi connectivity index (χ4v) is 3.62. The third-order valence-corrected chi connectivity index (χ3v) is 4.71. The van der Waals surface area contributed by atoms with Crippen molar-refractivity contribution in [1.29, 1.82) is 0 Å². The minimum absolute atomic E-state index is 0.220. The summed E-state index contributed by atoms with van der Waals surface area (Å²) in [5.74, 6) is 1.56. The van der Waals surface area contributed by atoms with E-state index in [1.54, 1.807) is 0 Å². The lowest BCUT2D eigenvalue weighted by atomic mass is 9.84. The zero-order valence-corrected chi connectivity index (χ0v) is 11.9. The number of carbonyl (C=O) groups excluding carboxylic acids is 1. The Hall–Kier alpha value is -1.35. The minimum Gasteiger partial charge on any atom is -0.493 e. The van der Waals surface area contributed by atoms with Crippen molar-refractivity contribution < 1.29 is 9.53 Å². The van der Waals surface area contributed by atoms with Crippen LogP contribution in [0, 0.1) is 0 Å². The molecule has 0 bridgehead atoms. The van der Waals surface area contributed by atoms with E-state index in [4.69, 9.17) is 10.5 Å². The van der Waals surface area contributed by atoms with Gasteiger partial charge in [-0.2, -0.15) is 0 Å². The summed E-state index contributed by atoms with van der Waals surface area (Å²) in [7, 11) is 0. The van der Waals surface area contributed by atoms with Gasteiger partial charge in [-0.05, 0) is 36.8 Å². The number of carbonyl (C=O) groups is 1. The monoisotopic (exact) mass is 273 g/mol. The first-order valence-corrected chi connectivity index (χ1v) is 7.69. The molecule has 0 spiro atoms. The van der Waals surface area contributed by atoms with E-state index in [0.717, 1.165) is 25.0 Å². The van der Waals surface area contributed by atoms with Crippen LogP contribution in [0.2, 0.25) is 0 Å². The number of hydrogen-bond donors (Lipinski definition) is 1. The molecule has 2 aliphatic rings. The van der Waals surface area contributed by atoms with Crippen molar-refractivity contribution in [3.8, 4) is 5.75 Å². The highest BCUT2D eigenvalue weighted by Crippen LogP contribution is 2.37. The Balaban J connectivity index is 1.65. The summed E-state index contributed by atoms with van der Waals surface area (Å²) in [6, 6.07) is 8.08. The number of rotatable bonds is 4. The van der Waals surface area contributed by atoms with E-state index in [1.165, 1.54) is 18.4 Å². The highest BCUT2D eigenvalue weighted by Gasteiger charge is 2.33. The van der Waals surface area contributed by atoms with Crippen molar-refractivity contribution in [1.82, 2.24) is 0 Å². The number of para-hydroxylation sites is 1. The van der Waals surface area contributed by atoms with Crippen molar-refractivity contribution in [2.75, 3.05) is 6.61 Å². The smallest absolute Gasteiger partial charge is 0.135 e. The van der Waals surface area contributed by atoms with Gasteiger partial charge in [-0.15, -0.1) is 0 Å². The van der Waals surface area contributed by atoms with Gasteiger partial charge < -0.3 is 10.5 Å². The van der Waals surface area contributed by atoms with Crippen LogP contribution >= 0.6 is 0 Å². The normalized spacial score (nSPS) is 23.9. The Bertz CT molecular complexity index is 492. The van der Waals surface area contributed by atoms with Crippen LogP contribution in [0.25, 0.3) is 0 Å². The van der Waals surface area contributed by atoms with Crippen LogP contribution in [-0.2, 0) is 4.79 Å². The Morgan fingerprint density at radius 2 is 2.05 bits per heavy atom. The summed E-state index contributed by atoms with van der Waals surface area (Å²) >= 11 is 0. The molecule has 1 aromatic carbocycles. The predicted molar refractivity (Wildman–Crippen MR) is 78.9 cm³/mol. The number of ether oxygens (including phenoxy) is 1. The zero-order valence-electron chi connectivity index (χ0n) is 11.9. The van der Waals surface area contributed by atoms with Crippen LogP contribution in [0.5, 0.6) is 5.75 Å². The molecule has 0 radical (unpaired) electrons. The van der Waals surface area contributed by atoms with Gasteiger partial charge >= 0.3 is 0 Å². The van der Waals surface area contributed by atoms with Gasteiger partial charge in [0.25, 0.3) is 0 Å². The third kappa shape index (κ3) is 2.88. The summed E-state index contributed by atoms with van der Waals surface area (Å²) in [4.78, 5) is 12.4. The first-order valence-electron chi connectivity index (χ1n) is 7.69. The molecule has 1 fully saturated rings. The first-order chi connectivity index (χ1) is 9.66. The average molecular weight is 273 g/mol. The minimum atomic E-state index is -0.220. The van der Waals surface area contributed by atoms with E-state index in [1.807, 2.05) is 18.2 Å². The van der Waals surface area contributed by atoms with Gasteiger partial charge in [0.2, 0.25) is 0 Å². The fraction of sp³-hybridized carbons (Fsp3) is 0.588. The molecule has 1 aromatic rings. The van der Waals surface area contributed by atoms with E-state index in [2.05, 4.69) is 6.07 Å². The van der Waals surface area contributed by atoms with Crippen LogP contribution in [0.3, 0.4) is 0 Å². The zero-order chi connectivity index (χ0) is 14.0. The molecular formula is C17H23NO2. The van der Waals surface area contributed by atoms with Crippen LogP contribution < -0.4 is 10.5 Å². The van der Waals surface area contributed by atoms with E-state index in [0.29, 0.717) is 31.1 Å².